The fourth-order valence-electron chi connectivity index (χ4n) is 3.96. The van der Waals surface area contributed by atoms with E-state index in [-0.39, 0.29) is 5.56 Å². The molecule has 0 saturated heterocycles. The number of benzene rings is 1. The first-order valence-electron chi connectivity index (χ1n) is 8.47. The molecule has 2 aliphatic heterocycles. The van der Waals surface area contributed by atoms with Crippen molar-refractivity contribution in [2.75, 3.05) is 6.61 Å². The number of thiophene rings is 1. The van der Waals surface area contributed by atoms with Crippen molar-refractivity contribution >= 4 is 17.3 Å². The van der Waals surface area contributed by atoms with Gasteiger partial charge in [0.05, 0.1) is 12.3 Å². The second-order valence-corrected chi connectivity index (χ2v) is 7.47. The Kier molecular flexibility index (Phi) is 3.30. The highest BCUT2D eigenvalue weighted by atomic mass is 32.1. The zero-order valence-electron chi connectivity index (χ0n) is 13.8. The smallest absolute Gasteiger partial charge is 0.341 e. The van der Waals surface area contributed by atoms with E-state index in [0.717, 1.165) is 40.3 Å². The normalized spacial score (nSPS) is 14.3. The lowest BCUT2D eigenvalue weighted by Crippen LogP contribution is -2.22. The van der Waals surface area contributed by atoms with Gasteiger partial charge in [-0.15, -0.1) is 11.3 Å². The van der Waals surface area contributed by atoms with Crippen molar-refractivity contribution in [1.82, 2.24) is 4.57 Å². The maximum Gasteiger partial charge on any atom is 0.341 e. The summed E-state index contributed by atoms with van der Waals surface area (Å²) in [7, 11) is 0. The average molecular weight is 365 g/mol. The Morgan fingerprint density at radius 2 is 2.08 bits per heavy atom. The van der Waals surface area contributed by atoms with Crippen molar-refractivity contribution in [1.29, 1.82) is 0 Å². The first-order valence-corrected chi connectivity index (χ1v) is 9.35. The number of carboxylic acid groups (broad SMARTS) is 1. The molecule has 6 heteroatoms. The number of nitrogens with zero attached hydrogens (tertiary/aromatic N) is 1. The van der Waals surface area contributed by atoms with Crippen LogP contribution in [-0.4, -0.2) is 22.2 Å². The molecule has 3 aromatic rings. The van der Waals surface area contributed by atoms with Crippen LogP contribution >= 0.6 is 11.3 Å². The number of aromatic carboxylic acids is 1. The molecule has 1 aromatic carbocycles. The summed E-state index contributed by atoms with van der Waals surface area (Å²) in [5, 5.41) is 11.3. The van der Waals surface area contributed by atoms with Crippen LogP contribution in [0.2, 0.25) is 0 Å². The van der Waals surface area contributed by atoms with Gasteiger partial charge in [-0.1, -0.05) is 6.07 Å². The second-order valence-electron chi connectivity index (χ2n) is 6.52. The number of ether oxygens (including phenoxy) is 1. The topological polar surface area (TPSA) is 68.5 Å². The highest BCUT2D eigenvalue weighted by Crippen LogP contribution is 2.46. The molecule has 0 spiro atoms. The molecule has 2 aliphatic rings. The van der Waals surface area contributed by atoms with E-state index >= 15 is 0 Å². The summed E-state index contributed by atoms with van der Waals surface area (Å²) in [6, 6.07) is 7.63. The highest BCUT2D eigenvalue weighted by molar-refractivity contribution is 7.13. The number of pyridine rings is 1. The summed E-state index contributed by atoms with van der Waals surface area (Å²) in [6.07, 6.45) is 3.15. The summed E-state index contributed by atoms with van der Waals surface area (Å²) in [4.78, 5) is 24.7. The molecule has 2 aromatic heterocycles. The van der Waals surface area contributed by atoms with Gasteiger partial charge in [-0.2, -0.15) is 0 Å². The molecule has 0 bridgehead atoms. The van der Waals surface area contributed by atoms with Crippen LogP contribution in [0.1, 0.15) is 21.5 Å². The summed E-state index contributed by atoms with van der Waals surface area (Å²) < 4.78 is 7.82. The SMILES string of the molecule is O=C(O)c1cn2c(cc1=O)-c1cc(-c3cccs3)c3c(c1CC2)CCO3. The monoisotopic (exact) mass is 365 g/mol. The third-order valence-corrected chi connectivity index (χ3v) is 6.02. The van der Waals surface area contributed by atoms with Gasteiger partial charge in [0.2, 0.25) is 0 Å². The Hall–Kier alpha value is -2.86. The maximum absolute atomic E-state index is 12.3. The van der Waals surface area contributed by atoms with E-state index in [1.165, 1.54) is 23.4 Å². The molecule has 0 unspecified atom stereocenters. The van der Waals surface area contributed by atoms with Crippen LogP contribution in [-0.2, 0) is 19.4 Å². The van der Waals surface area contributed by atoms with Crippen LogP contribution in [0.3, 0.4) is 0 Å². The summed E-state index contributed by atoms with van der Waals surface area (Å²) in [5.74, 6) is -0.220. The number of fused-ring (bicyclic) bond motifs is 5. The number of hydrogen-bond acceptors (Lipinski definition) is 4. The van der Waals surface area contributed by atoms with Gasteiger partial charge < -0.3 is 14.4 Å². The van der Waals surface area contributed by atoms with E-state index in [2.05, 4.69) is 12.1 Å². The van der Waals surface area contributed by atoms with E-state index in [1.807, 2.05) is 16.0 Å². The van der Waals surface area contributed by atoms with E-state index < -0.39 is 11.4 Å². The van der Waals surface area contributed by atoms with Crippen LogP contribution in [0.5, 0.6) is 5.75 Å². The van der Waals surface area contributed by atoms with Crippen molar-refractivity contribution in [2.45, 2.75) is 19.4 Å². The minimum atomic E-state index is -1.18. The second kappa shape index (κ2) is 5.57. The maximum atomic E-state index is 12.3. The fraction of sp³-hybridized carbons (Fsp3) is 0.200. The van der Waals surface area contributed by atoms with Crippen LogP contribution in [0.25, 0.3) is 21.7 Å². The number of carbonyl (C=O) groups is 1. The zero-order valence-corrected chi connectivity index (χ0v) is 14.6. The van der Waals surface area contributed by atoms with Gasteiger partial charge in [0.25, 0.3) is 0 Å². The van der Waals surface area contributed by atoms with E-state index in [1.54, 1.807) is 11.3 Å². The molecular weight excluding hydrogens is 350 g/mol. The van der Waals surface area contributed by atoms with E-state index in [4.69, 9.17) is 4.74 Å². The number of aryl methyl sites for hydroxylation is 1. The summed E-state index contributed by atoms with van der Waals surface area (Å²) in [6.45, 7) is 1.34. The predicted molar refractivity (Wildman–Crippen MR) is 99.3 cm³/mol. The lowest BCUT2D eigenvalue weighted by molar-refractivity contribution is 0.0694. The van der Waals surface area contributed by atoms with Gasteiger partial charge >= 0.3 is 5.97 Å². The Morgan fingerprint density at radius 1 is 1.19 bits per heavy atom. The molecule has 0 aliphatic carbocycles. The van der Waals surface area contributed by atoms with E-state index in [9.17, 15) is 14.7 Å². The Labute approximate surface area is 153 Å². The summed E-state index contributed by atoms with van der Waals surface area (Å²) >= 11 is 1.66. The minimum absolute atomic E-state index is 0.180. The predicted octanol–water partition coefficient (Wildman–Crippen LogP) is 3.43. The number of hydrogen-bond donors (Lipinski definition) is 1. The van der Waals surface area contributed by atoms with Gasteiger partial charge in [0.15, 0.2) is 5.43 Å². The van der Waals surface area contributed by atoms with Crippen LogP contribution < -0.4 is 10.2 Å². The third kappa shape index (κ3) is 2.15. The lowest BCUT2D eigenvalue weighted by Gasteiger charge is -2.25. The molecule has 130 valence electrons. The van der Waals surface area contributed by atoms with Crippen molar-refractivity contribution < 1.29 is 14.6 Å². The summed E-state index contributed by atoms with van der Waals surface area (Å²) in [5.41, 5.74) is 4.67. The molecule has 0 radical (unpaired) electrons. The Morgan fingerprint density at radius 3 is 2.85 bits per heavy atom. The molecule has 0 amide bonds. The van der Waals surface area contributed by atoms with Crippen molar-refractivity contribution in [3.63, 3.8) is 0 Å². The molecule has 4 heterocycles. The number of rotatable bonds is 2. The first kappa shape index (κ1) is 15.4. The molecule has 26 heavy (non-hydrogen) atoms. The molecule has 0 fully saturated rings. The van der Waals surface area contributed by atoms with Crippen LogP contribution in [0.15, 0.2) is 40.6 Å². The Balaban J connectivity index is 1.79. The molecule has 5 nitrogen and oxygen atoms in total. The van der Waals surface area contributed by atoms with Crippen molar-refractivity contribution in [3.05, 3.63) is 62.8 Å². The molecule has 1 N–H and O–H groups in total. The number of aromatic nitrogens is 1. The number of carboxylic acids is 1. The molecular formula is C20H15NO4S. The third-order valence-electron chi connectivity index (χ3n) is 5.12. The fourth-order valence-corrected chi connectivity index (χ4v) is 4.70. The average Bonchev–Trinajstić information content (AvgIpc) is 3.32. The standard InChI is InChI=1S/C20H15NO4S/c22-17-9-16-13-8-14(18-2-1-7-26-18)19-12(4-6-25-19)11(13)3-5-21(16)10-15(17)20(23)24/h1-2,7-10H,3-6H2,(H,23,24). The highest BCUT2D eigenvalue weighted by Gasteiger charge is 2.28. The van der Waals surface area contributed by atoms with Crippen LogP contribution in [0.4, 0.5) is 0 Å². The molecule has 5 rings (SSSR count). The molecule has 0 atom stereocenters. The lowest BCUT2D eigenvalue weighted by atomic mass is 9.88. The minimum Gasteiger partial charge on any atom is -0.492 e. The molecule has 0 saturated carbocycles. The van der Waals surface area contributed by atoms with Gasteiger partial charge in [-0.3, -0.25) is 4.79 Å². The van der Waals surface area contributed by atoms with Gasteiger partial charge in [-0.05, 0) is 29.5 Å². The van der Waals surface area contributed by atoms with Gasteiger partial charge in [-0.25, -0.2) is 4.79 Å². The van der Waals surface area contributed by atoms with Crippen molar-refractivity contribution in [2.24, 2.45) is 0 Å². The van der Waals surface area contributed by atoms with Crippen molar-refractivity contribution in [3.8, 4) is 27.4 Å². The largest absolute Gasteiger partial charge is 0.492 e. The quantitative estimate of drug-likeness (QED) is 0.755. The Bertz CT molecular complexity index is 1110. The van der Waals surface area contributed by atoms with E-state index in [0.29, 0.717) is 13.2 Å². The van der Waals surface area contributed by atoms with Gasteiger partial charge in [0.1, 0.15) is 11.3 Å². The van der Waals surface area contributed by atoms with Crippen LogP contribution in [0, 0.1) is 0 Å². The zero-order chi connectivity index (χ0) is 17.8. The van der Waals surface area contributed by atoms with Gasteiger partial charge in [0, 0.05) is 46.8 Å². The first-order chi connectivity index (χ1) is 12.6.